The molecule has 0 fully saturated rings. The lowest BCUT2D eigenvalue weighted by Gasteiger charge is -2.13. The van der Waals surface area contributed by atoms with E-state index >= 15 is 0 Å². The minimum atomic E-state index is -0.399. The van der Waals surface area contributed by atoms with Gasteiger partial charge < -0.3 is 9.47 Å². The number of methoxy groups -OCH3 is 1. The van der Waals surface area contributed by atoms with Crippen LogP contribution in [0.3, 0.4) is 0 Å². The zero-order valence-corrected chi connectivity index (χ0v) is 11.4. The molecule has 0 unspecified atom stereocenters. The molecular weight excluding hydrogens is 299 g/mol. The van der Waals surface area contributed by atoms with Gasteiger partial charge in [0, 0.05) is 10.9 Å². The smallest absolute Gasteiger partial charge is 0.169 e. The number of hydrogen-bond donors (Lipinski definition) is 0. The first-order valence-corrected chi connectivity index (χ1v) is 6.52. The van der Waals surface area contributed by atoms with E-state index in [4.69, 9.17) is 9.47 Å². The maximum Gasteiger partial charge on any atom is 0.169 e. The SMILES string of the molecule is COc1c(CBr)cccc1Oc1ccccc1F. The molecule has 0 bridgehead atoms. The molecule has 4 heteroatoms. The zero-order chi connectivity index (χ0) is 13.0. The second-order valence-electron chi connectivity index (χ2n) is 3.61. The fraction of sp³-hybridized carbons (Fsp3) is 0.143. The number of benzene rings is 2. The predicted molar refractivity (Wildman–Crippen MR) is 72.1 cm³/mol. The predicted octanol–water partition coefficient (Wildman–Crippen LogP) is 4.52. The number of halogens is 2. The first-order chi connectivity index (χ1) is 8.76. The van der Waals surface area contributed by atoms with Gasteiger partial charge in [-0.1, -0.05) is 40.2 Å². The molecule has 0 amide bonds. The fourth-order valence-electron chi connectivity index (χ4n) is 1.62. The zero-order valence-electron chi connectivity index (χ0n) is 9.82. The molecule has 2 nitrogen and oxygen atoms in total. The van der Waals surface area contributed by atoms with Crippen LogP contribution in [0.2, 0.25) is 0 Å². The van der Waals surface area contributed by atoms with Gasteiger partial charge in [-0.05, 0) is 18.2 Å². The van der Waals surface area contributed by atoms with E-state index in [0.717, 1.165) is 5.56 Å². The third-order valence-electron chi connectivity index (χ3n) is 2.47. The monoisotopic (exact) mass is 310 g/mol. The second kappa shape index (κ2) is 5.87. The summed E-state index contributed by atoms with van der Waals surface area (Å²) in [5.41, 5.74) is 0.950. The molecule has 0 aromatic heterocycles. The normalized spacial score (nSPS) is 10.2. The maximum atomic E-state index is 13.5. The van der Waals surface area contributed by atoms with Crippen molar-refractivity contribution in [2.75, 3.05) is 7.11 Å². The van der Waals surface area contributed by atoms with Crippen LogP contribution in [0, 0.1) is 5.82 Å². The largest absolute Gasteiger partial charge is 0.493 e. The van der Waals surface area contributed by atoms with Gasteiger partial charge in [-0.3, -0.25) is 0 Å². The van der Waals surface area contributed by atoms with Gasteiger partial charge in [0.15, 0.2) is 23.1 Å². The minimum Gasteiger partial charge on any atom is -0.493 e. The third-order valence-corrected chi connectivity index (χ3v) is 3.07. The molecule has 0 saturated heterocycles. The summed E-state index contributed by atoms with van der Waals surface area (Å²) in [5, 5.41) is 0.643. The summed E-state index contributed by atoms with van der Waals surface area (Å²) in [4.78, 5) is 0. The summed E-state index contributed by atoms with van der Waals surface area (Å²) < 4.78 is 24.4. The van der Waals surface area contributed by atoms with Crippen LogP contribution in [0.15, 0.2) is 42.5 Å². The van der Waals surface area contributed by atoms with Crippen LogP contribution >= 0.6 is 15.9 Å². The van der Waals surface area contributed by atoms with E-state index < -0.39 is 5.82 Å². The van der Waals surface area contributed by atoms with E-state index in [1.807, 2.05) is 12.1 Å². The summed E-state index contributed by atoms with van der Waals surface area (Å²) in [5.74, 6) is 0.892. The summed E-state index contributed by atoms with van der Waals surface area (Å²) in [6.07, 6.45) is 0. The molecule has 0 N–H and O–H groups in total. The molecule has 94 valence electrons. The highest BCUT2D eigenvalue weighted by atomic mass is 79.9. The quantitative estimate of drug-likeness (QED) is 0.773. The molecule has 0 spiro atoms. The van der Waals surface area contributed by atoms with E-state index in [9.17, 15) is 4.39 Å². The average Bonchev–Trinajstić information content (AvgIpc) is 2.41. The minimum absolute atomic E-state index is 0.183. The summed E-state index contributed by atoms with van der Waals surface area (Å²) in [7, 11) is 1.57. The highest BCUT2D eigenvalue weighted by Gasteiger charge is 2.11. The van der Waals surface area contributed by atoms with Gasteiger partial charge in [-0.25, -0.2) is 4.39 Å². The van der Waals surface area contributed by atoms with Crippen LogP contribution in [-0.2, 0) is 5.33 Å². The number of ether oxygens (including phenoxy) is 2. The first kappa shape index (κ1) is 12.9. The Morgan fingerprint density at radius 1 is 1.06 bits per heavy atom. The lowest BCUT2D eigenvalue weighted by Crippen LogP contribution is -1.95. The molecule has 2 rings (SSSR count). The number of alkyl halides is 1. The topological polar surface area (TPSA) is 18.5 Å². The Morgan fingerprint density at radius 3 is 2.44 bits per heavy atom. The van der Waals surface area contributed by atoms with E-state index in [2.05, 4.69) is 15.9 Å². The highest BCUT2D eigenvalue weighted by molar-refractivity contribution is 9.08. The fourth-order valence-corrected chi connectivity index (χ4v) is 2.07. The van der Waals surface area contributed by atoms with Crippen molar-refractivity contribution in [2.24, 2.45) is 0 Å². The van der Waals surface area contributed by atoms with Crippen molar-refractivity contribution in [3.05, 3.63) is 53.8 Å². The molecule has 2 aromatic rings. The van der Waals surface area contributed by atoms with Crippen LogP contribution in [0.25, 0.3) is 0 Å². The van der Waals surface area contributed by atoms with Gasteiger partial charge in [0.25, 0.3) is 0 Å². The van der Waals surface area contributed by atoms with Crippen molar-refractivity contribution in [1.82, 2.24) is 0 Å². The Bertz CT molecular complexity index is 543. The van der Waals surface area contributed by atoms with Gasteiger partial charge in [-0.2, -0.15) is 0 Å². The lowest BCUT2D eigenvalue weighted by molar-refractivity contribution is 0.368. The third kappa shape index (κ3) is 2.64. The molecule has 0 radical (unpaired) electrons. The Hall–Kier alpha value is -1.55. The van der Waals surface area contributed by atoms with Gasteiger partial charge in [0.1, 0.15) is 0 Å². The van der Waals surface area contributed by atoms with Gasteiger partial charge in [0.05, 0.1) is 7.11 Å². The first-order valence-electron chi connectivity index (χ1n) is 5.40. The molecule has 2 aromatic carbocycles. The van der Waals surface area contributed by atoms with Crippen molar-refractivity contribution < 1.29 is 13.9 Å². The molecule has 0 heterocycles. The van der Waals surface area contributed by atoms with E-state index in [1.54, 1.807) is 31.4 Å². The Morgan fingerprint density at radius 2 is 1.78 bits per heavy atom. The van der Waals surface area contributed by atoms with E-state index in [0.29, 0.717) is 16.8 Å². The van der Waals surface area contributed by atoms with Crippen LogP contribution in [0.4, 0.5) is 4.39 Å². The Kier molecular flexibility index (Phi) is 4.20. The van der Waals surface area contributed by atoms with Crippen LogP contribution in [0.5, 0.6) is 17.2 Å². The van der Waals surface area contributed by atoms with Crippen LogP contribution in [-0.4, -0.2) is 7.11 Å². The van der Waals surface area contributed by atoms with Crippen molar-refractivity contribution in [1.29, 1.82) is 0 Å². The maximum absolute atomic E-state index is 13.5. The lowest BCUT2D eigenvalue weighted by atomic mass is 10.2. The van der Waals surface area contributed by atoms with Crippen molar-refractivity contribution >= 4 is 15.9 Å². The van der Waals surface area contributed by atoms with Gasteiger partial charge in [-0.15, -0.1) is 0 Å². The standard InChI is InChI=1S/C14H12BrFO2/c1-17-14-10(9-15)5-4-8-13(14)18-12-7-3-2-6-11(12)16/h2-8H,9H2,1H3. The molecule has 0 aliphatic carbocycles. The molecule has 0 aliphatic heterocycles. The van der Waals surface area contributed by atoms with Crippen molar-refractivity contribution in [2.45, 2.75) is 5.33 Å². The molecule has 0 saturated carbocycles. The summed E-state index contributed by atoms with van der Waals surface area (Å²) in [6, 6.07) is 11.8. The van der Waals surface area contributed by atoms with E-state index in [1.165, 1.54) is 6.07 Å². The number of para-hydroxylation sites is 2. The second-order valence-corrected chi connectivity index (χ2v) is 4.18. The molecule has 0 aliphatic rings. The summed E-state index contributed by atoms with van der Waals surface area (Å²) in [6.45, 7) is 0. The summed E-state index contributed by atoms with van der Waals surface area (Å²) >= 11 is 3.37. The molecule has 0 atom stereocenters. The number of hydrogen-bond acceptors (Lipinski definition) is 2. The van der Waals surface area contributed by atoms with Crippen LogP contribution < -0.4 is 9.47 Å². The van der Waals surface area contributed by atoms with E-state index in [-0.39, 0.29) is 5.75 Å². The molecule has 18 heavy (non-hydrogen) atoms. The Balaban J connectivity index is 2.37. The number of rotatable bonds is 4. The average molecular weight is 311 g/mol. The molecular formula is C14H12BrFO2. The van der Waals surface area contributed by atoms with Crippen molar-refractivity contribution in [3.8, 4) is 17.2 Å². The Labute approximate surface area is 113 Å². The van der Waals surface area contributed by atoms with Gasteiger partial charge in [0.2, 0.25) is 0 Å². The van der Waals surface area contributed by atoms with Gasteiger partial charge >= 0.3 is 0 Å². The van der Waals surface area contributed by atoms with Crippen LogP contribution in [0.1, 0.15) is 5.56 Å². The van der Waals surface area contributed by atoms with Crippen molar-refractivity contribution in [3.63, 3.8) is 0 Å². The highest BCUT2D eigenvalue weighted by Crippen LogP contribution is 2.36.